The summed E-state index contributed by atoms with van der Waals surface area (Å²) in [6, 6.07) is 5.94. The van der Waals surface area contributed by atoms with Crippen molar-refractivity contribution in [2.75, 3.05) is 40.1 Å². The molecule has 0 N–H and O–H groups in total. The van der Waals surface area contributed by atoms with Crippen molar-refractivity contribution in [1.29, 1.82) is 0 Å². The lowest BCUT2D eigenvalue weighted by Crippen LogP contribution is -2.57. The number of nitrogens with zero attached hydrogens (tertiary/aromatic N) is 2. The minimum atomic E-state index is 0.139. The third-order valence-electron chi connectivity index (χ3n) is 6.04. The minimum Gasteiger partial charge on any atom is -0.454 e. The molecule has 4 rings (SSSR count). The molecule has 0 spiro atoms. The molecule has 1 aromatic rings. The van der Waals surface area contributed by atoms with Crippen molar-refractivity contribution in [3.63, 3.8) is 0 Å². The van der Waals surface area contributed by atoms with Crippen LogP contribution in [0.2, 0.25) is 0 Å². The van der Waals surface area contributed by atoms with Gasteiger partial charge in [0.15, 0.2) is 11.5 Å². The molecule has 3 aliphatic rings. The number of hydrogen-bond donors (Lipinski definition) is 0. The lowest BCUT2D eigenvalue weighted by Gasteiger charge is -2.47. The molecule has 2 amide bonds. The van der Waals surface area contributed by atoms with Crippen LogP contribution in [0.1, 0.15) is 31.2 Å². The summed E-state index contributed by atoms with van der Waals surface area (Å²) < 4.78 is 15.9. The summed E-state index contributed by atoms with van der Waals surface area (Å²) in [5.41, 5.74) is 0.941. The van der Waals surface area contributed by atoms with Crippen molar-refractivity contribution in [3.05, 3.63) is 23.8 Å². The maximum atomic E-state index is 12.9. The van der Waals surface area contributed by atoms with Gasteiger partial charge >= 0.3 is 0 Å². The molecule has 3 heterocycles. The summed E-state index contributed by atoms with van der Waals surface area (Å²) in [7, 11) is 1.69. The number of benzene rings is 1. The molecule has 2 fully saturated rings. The first-order chi connectivity index (χ1) is 13.7. The highest BCUT2D eigenvalue weighted by Crippen LogP contribution is 2.34. The number of carbonyl (C=O) groups excluding carboxylic acids is 2. The topological polar surface area (TPSA) is 68.3 Å². The summed E-state index contributed by atoms with van der Waals surface area (Å²) in [5, 5.41) is 0. The summed E-state index contributed by atoms with van der Waals surface area (Å²) in [4.78, 5) is 29.2. The second kappa shape index (κ2) is 8.39. The second-order valence-corrected chi connectivity index (χ2v) is 7.79. The summed E-state index contributed by atoms with van der Waals surface area (Å²) in [5.74, 6) is 2.20. The number of fused-ring (bicyclic) bond motifs is 2. The molecule has 152 valence electrons. The molecule has 2 saturated heterocycles. The maximum Gasteiger partial charge on any atom is 0.231 e. The molecule has 7 nitrogen and oxygen atoms in total. The molecule has 1 aromatic carbocycles. The zero-order valence-electron chi connectivity index (χ0n) is 16.4. The van der Waals surface area contributed by atoms with Crippen molar-refractivity contribution < 1.29 is 23.8 Å². The number of carbonyl (C=O) groups is 2. The Balaban J connectivity index is 1.35. The molecule has 3 aliphatic heterocycles. The van der Waals surface area contributed by atoms with Gasteiger partial charge in [-0.15, -0.1) is 0 Å². The number of hydrogen-bond acceptors (Lipinski definition) is 5. The van der Waals surface area contributed by atoms with Crippen LogP contribution in [0.4, 0.5) is 0 Å². The standard InChI is InChI=1S/C21H28N2O5/c1-26-10-2-8-23-17-7-9-22(13-16(17)4-6-20(23)24)21(25)12-15-3-5-18-19(11-15)28-14-27-18/h3,5,11,16-17H,2,4,6-10,12-14H2,1H3/t16-,17+/m1/s1. The fourth-order valence-electron chi connectivity index (χ4n) is 4.58. The van der Waals surface area contributed by atoms with Gasteiger partial charge < -0.3 is 24.0 Å². The van der Waals surface area contributed by atoms with Gasteiger partial charge in [-0.3, -0.25) is 9.59 Å². The van der Waals surface area contributed by atoms with E-state index in [9.17, 15) is 9.59 Å². The molecule has 0 bridgehead atoms. The normalized spacial score (nSPS) is 23.7. The third kappa shape index (κ3) is 3.94. The minimum absolute atomic E-state index is 0.139. The SMILES string of the molecule is COCCCN1C(=O)CC[C@@H]2CN(C(=O)Cc3ccc4c(c3)OCO4)CC[C@@H]21. The van der Waals surface area contributed by atoms with Crippen LogP contribution in [-0.4, -0.2) is 67.8 Å². The Morgan fingerprint density at radius 1 is 1.25 bits per heavy atom. The molecule has 0 aliphatic carbocycles. The van der Waals surface area contributed by atoms with E-state index in [1.807, 2.05) is 28.0 Å². The van der Waals surface area contributed by atoms with Gasteiger partial charge in [-0.1, -0.05) is 6.07 Å². The summed E-state index contributed by atoms with van der Waals surface area (Å²) in [6.07, 6.45) is 3.54. The van der Waals surface area contributed by atoms with Gasteiger partial charge in [-0.05, 0) is 42.9 Å². The maximum absolute atomic E-state index is 12.9. The predicted molar refractivity (Wildman–Crippen MR) is 102 cm³/mol. The van der Waals surface area contributed by atoms with Gasteiger partial charge in [0.1, 0.15) is 0 Å². The molecule has 7 heteroatoms. The Morgan fingerprint density at radius 3 is 2.96 bits per heavy atom. The van der Waals surface area contributed by atoms with Gasteiger partial charge in [0.2, 0.25) is 18.6 Å². The Bertz CT molecular complexity index is 738. The molecule has 28 heavy (non-hydrogen) atoms. The van der Waals surface area contributed by atoms with E-state index in [4.69, 9.17) is 14.2 Å². The van der Waals surface area contributed by atoms with Crippen molar-refractivity contribution >= 4 is 11.8 Å². The van der Waals surface area contributed by atoms with Crippen molar-refractivity contribution in [2.45, 2.75) is 38.1 Å². The molecular formula is C21H28N2O5. The first-order valence-electron chi connectivity index (χ1n) is 10.1. The fourth-order valence-corrected chi connectivity index (χ4v) is 4.58. The van der Waals surface area contributed by atoms with E-state index >= 15 is 0 Å². The summed E-state index contributed by atoms with van der Waals surface area (Å²) in [6.45, 7) is 3.10. The lowest BCUT2D eigenvalue weighted by atomic mass is 9.83. The number of likely N-dealkylation sites (tertiary alicyclic amines) is 2. The van der Waals surface area contributed by atoms with Crippen LogP contribution < -0.4 is 9.47 Å². The van der Waals surface area contributed by atoms with E-state index < -0.39 is 0 Å². The number of piperidine rings is 2. The number of amides is 2. The molecule has 0 aromatic heterocycles. The first kappa shape index (κ1) is 19.1. The molecule has 2 atom stereocenters. The van der Waals surface area contributed by atoms with Crippen molar-refractivity contribution in [1.82, 2.24) is 9.80 Å². The third-order valence-corrected chi connectivity index (χ3v) is 6.04. The fraction of sp³-hybridized carbons (Fsp3) is 0.619. The summed E-state index contributed by atoms with van der Waals surface area (Å²) >= 11 is 0. The van der Waals surface area contributed by atoms with E-state index in [0.29, 0.717) is 37.7 Å². The Hall–Kier alpha value is -2.28. The number of ether oxygens (including phenoxy) is 3. The second-order valence-electron chi connectivity index (χ2n) is 7.79. The number of rotatable bonds is 6. The highest BCUT2D eigenvalue weighted by atomic mass is 16.7. The van der Waals surface area contributed by atoms with Crippen LogP contribution in [0.3, 0.4) is 0 Å². The smallest absolute Gasteiger partial charge is 0.231 e. The van der Waals surface area contributed by atoms with E-state index in [-0.39, 0.29) is 24.6 Å². The molecule has 0 unspecified atom stereocenters. The van der Waals surface area contributed by atoms with Crippen molar-refractivity contribution in [2.24, 2.45) is 5.92 Å². The van der Waals surface area contributed by atoms with E-state index in [0.717, 1.165) is 43.7 Å². The van der Waals surface area contributed by atoms with Crippen LogP contribution >= 0.6 is 0 Å². The average molecular weight is 388 g/mol. The van der Waals surface area contributed by atoms with Crippen LogP contribution in [-0.2, 0) is 20.7 Å². The lowest BCUT2D eigenvalue weighted by molar-refractivity contribution is -0.144. The van der Waals surface area contributed by atoms with Gasteiger partial charge in [-0.2, -0.15) is 0 Å². The molecule has 0 radical (unpaired) electrons. The first-order valence-corrected chi connectivity index (χ1v) is 10.1. The highest BCUT2D eigenvalue weighted by molar-refractivity contribution is 5.80. The average Bonchev–Trinajstić information content (AvgIpc) is 3.17. The quantitative estimate of drug-likeness (QED) is 0.696. The van der Waals surface area contributed by atoms with Gasteiger partial charge in [-0.25, -0.2) is 0 Å². The van der Waals surface area contributed by atoms with Gasteiger partial charge in [0, 0.05) is 45.8 Å². The Labute approximate surface area is 165 Å². The molecule has 0 saturated carbocycles. The molecular weight excluding hydrogens is 360 g/mol. The zero-order chi connectivity index (χ0) is 19.5. The Kier molecular flexibility index (Phi) is 5.71. The Morgan fingerprint density at radius 2 is 2.11 bits per heavy atom. The van der Waals surface area contributed by atoms with E-state index in [1.54, 1.807) is 7.11 Å². The highest BCUT2D eigenvalue weighted by Gasteiger charge is 2.39. The van der Waals surface area contributed by atoms with Crippen LogP contribution in [0, 0.1) is 5.92 Å². The monoisotopic (exact) mass is 388 g/mol. The number of methoxy groups -OCH3 is 1. The van der Waals surface area contributed by atoms with Gasteiger partial charge in [0.25, 0.3) is 0 Å². The van der Waals surface area contributed by atoms with Crippen molar-refractivity contribution in [3.8, 4) is 11.5 Å². The van der Waals surface area contributed by atoms with Crippen LogP contribution in [0.25, 0.3) is 0 Å². The van der Waals surface area contributed by atoms with Crippen LogP contribution in [0.15, 0.2) is 18.2 Å². The largest absolute Gasteiger partial charge is 0.454 e. The van der Waals surface area contributed by atoms with Crippen LogP contribution in [0.5, 0.6) is 11.5 Å². The predicted octanol–water partition coefficient (Wildman–Crippen LogP) is 1.83. The van der Waals surface area contributed by atoms with E-state index in [2.05, 4.69) is 0 Å². The zero-order valence-corrected chi connectivity index (χ0v) is 16.4. The van der Waals surface area contributed by atoms with Gasteiger partial charge in [0.05, 0.1) is 6.42 Å². The van der Waals surface area contributed by atoms with E-state index in [1.165, 1.54) is 0 Å².